The fourth-order valence-corrected chi connectivity index (χ4v) is 4.51. The molecule has 3 fully saturated rings. The third-order valence-corrected chi connectivity index (χ3v) is 4.91. The summed E-state index contributed by atoms with van der Waals surface area (Å²) in [6, 6.07) is 0. The molecule has 0 aromatic heterocycles. The molecule has 1 aliphatic heterocycles. The Morgan fingerprint density at radius 2 is 1.81 bits per heavy atom. The van der Waals surface area contributed by atoms with Crippen molar-refractivity contribution < 1.29 is 14.6 Å². The second-order valence-corrected chi connectivity index (χ2v) is 6.16. The van der Waals surface area contributed by atoms with Crippen molar-refractivity contribution in [2.45, 2.75) is 44.4 Å². The van der Waals surface area contributed by atoms with Crippen LogP contribution in [0.25, 0.3) is 0 Å². The summed E-state index contributed by atoms with van der Waals surface area (Å²) < 4.78 is 12.0. The molecule has 2 saturated carbocycles. The Morgan fingerprint density at radius 1 is 1.12 bits per heavy atom. The molecule has 0 radical (unpaired) electrons. The van der Waals surface area contributed by atoms with Gasteiger partial charge in [-0.25, -0.2) is 0 Å². The van der Waals surface area contributed by atoms with E-state index in [4.69, 9.17) is 9.47 Å². The minimum atomic E-state index is -0.431. The lowest BCUT2D eigenvalue weighted by Gasteiger charge is -2.33. The summed E-state index contributed by atoms with van der Waals surface area (Å²) >= 11 is 0. The molecule has 1 saturated heterocycles. The maximum Gasteiger partial charge on any atom is 0.163 e. The van der Waals surface area contributed by atoms with Crippen molar-refractivity contribution in [1.29, 1.82) is 0 Å². The van der Waals surface area contributed by atoms with Crippen LogP contribution in [0.15, 0.2) is 12.2 Å². The topological polar surface area (TPSA) is 38.7 Å². The largest absolute Gasteiger partial charge is 0.389 e. The molecule has 1 N–H and O–H groups in total. The van der Waals surface area contributed by atoms with Crippen LogP contribution < -0.4 is 0 Å². The van der Waals surface area contributed by atoms with Crippen molar-refractivity contribution in [2.75, 3.05) is 0 Å². The summed E-state index contributed by atoms with van der Waals surface area (Å²) in [4.78, 5) is 0. The molecule has 0 spiro atoms. The molecule has 0 aromatic carbocycles. The molecule has 0 unspecified atom stereocenters. The molecule has 3 nitrogen and oxygen atoms in total. The number of hydrogen-bond acceptors (Lipinski definition) is 3. The van der Waals surface area contributed by atoms with E-state index in [9.17, 15) is 5.11 Å². The average Bonchev–Trinajstić information content (AvgIpc) is 2.84. The van der Waals surface area contributed by atoms with Gasteiger partial charge in [0.1, 0.15) is 0 Å². The highest BCUT2D eigenvalue weighted by Gasteiger charge is 2.65. The molecule has 3 aliphatic carbocycles. The van der Waals surface area contributed by atoms with Gasteiger partial charge in [0.25, 0.3) is 0 Å². The zero-order chi connectivity index (χ0) is 11.1. The van der Waals surface area contributed by atoms with Gasteiger partial charge in [-0.3, -0.25) is 0 Å². The molecule has 0 amide bonds. The van der Waals surface area contributed by atoms with E-state index in [2.05, 4.69) is 6.08 Å². The van der Waals surface area contributed by atoms with Crippen molar-refractivity contribution in [3.8, 4) is 0 Å². The van der Waals surface area contributed by atoms with Gasteiger partial charge >= 0.3 is 0 Å². The van der Waals surface area contributed by atoms with Gasteiger partial charge < -0.3 is 14.6 Å². The first kappa shape index (κ1) is 9.63. The van der Waals surface area contributed by atoms with Gasteiger partial charge in [0, 0.05) is 5.92 Å². The summed E-state index contributed by atoms with van der Waals surface area (Å²) in [6.07, 6.45) is 5.55. The summed E-state index contributed by atoms with van der Waals surface area (Å²) in [5, 5.41) is 9.99. The Kier molecular flexibility index (Phi) is 1.63. The highest BCUT2D eigenvalue weighted by molar-refractivity contribution is 5.22. The maximum atomic E-state index is 9.99. The lowest BCUT2D eigenvalue weighted by atomic mass is 9.77. The second-order valence-electron chi connectivity index (χ2n) is 6.16. The first-order chi connectivity index (χ1) is 7.57. The van der Waals surface area contributed by atoms with Crippen LogP contribution in [-0.2, 0) is 9.47 Å². The Hall–Kier alpha value is -0.380. The van der Waals surface area contributed by atoms with Gasteiger partial charge in [-0.15, -0.1) is 0 Å². The molecule has 7 atom stereocenters. The van der Waals surface area contributed by atoms with E-state index in [0.717, 1.165) is 0 Å². The monoisotopic (exact) mass is 222 g/mol. The van der Waals surface area contributed by atoms with Crippen LogP contribution in [-0.4, -0.2) is 29.2 Å². The Balaban J connectivity index is 1.69. The number of allylic oxidation sites excluding steroid dienone is 1. The lowest BCUT2D eigenvalue weighted by Crippen LogP contribution is -2.41. The molecule has 0 aromatic rings. The van der Waals surface area contributed by atoms with Gasteiger partial charge in [0.05, 0.1) is 18.3 Å². The van der Waals surface area contributed by atoms with Gasteiger partial charge in [-0.05, 0) is 38.0 Å². The molecule has 16 heavy (non-hydrogen) atoms. The van der Waals surface area contributed by atoms with E-state index in [1.54, 1.807) is 0 Å². The Labute approximate surface area is 95.4 Å². The molecule has 1 heterocycles. The van der Waals surface area contributed by atoms with Gasteiger partial charge in [-0.1, -0.05) is 12.2 Å². The zero-order valence-electron chi connectivity index (χ0n) is 9.67. The van der Waals surface area contributed by atoms with Crippen molar-refractivity contribution in [3.05, 3.63) is 12.2 Å². The fraction of sp³-hybridized carbons (Fsp3) is 0.846. The fourth-order valence-electron chi connectivity index (χ4n) is 4.51. The van der Waals surface area contributed by atoms with Crippen molar-refractivity contribution in [3.63, 3.8) is 0 Å². The SMILES string of the molecule is CC1(C)O[C@@H]2[C@@H]3C[C@@H]([C@@H]4C=C[C@@H](O)[C@@H]43)[C@@H]2O1. The summed E-state index contributed by atoms with van der Waals surface area (Å²) in [7, 11) is 0. The van der Waals surface area contributed by atoms with E-state index >= 15 is 0 Å². The molecule has 4 aliphatic rings. The van der Waals surface area contributed by atoms with Crippen LogP contribution in [0, 0.1) is 23.7 Å². The van der Waals surface area contributed by atoms with Gasteiger partial charge in [0.2, 0.25) is 0 Å². The van der Waals surface area contributed by atoms with E-state index in [1.165, 1.54) is 6.42 Å². The molecule has 2 bridgehead atoms. The number of aliphatic hydroxyl groups is 1. The number of hydrogen-bond donors (Lipinski definition) is 1. The first-order valence-electron chi connectivity index (χ1n) is 6.29. The number of aliphatic hydroxyl groups excluding tert-OH is 1. The van der Waals surface area contributed by atoms with Crippen molar-refractivity contribution >= 4 is 0 Å². The minimum Gasteiger partial charge on any atom is -0.389 e. The van der Waals surface area contributed by atoms with Crippen LogP contribution >= 0.6 is 0 Å². The standard InChI is InChI=1S/C13H18O3/c1-13(2)15-11-7-5-8(12(11)16-13)10-6(7)3-4-9(10)14/h3-4,6-12,14H,5H2,1-2H3/t6-,7-,8+,9+,10-,11-,12+/m0/s1. The minimum absolute atomic E-state index is 0.218. The molecule has 3 heteroatoms. The summed E-state index contributed by atoms with van der Waals surface area (Å²) in [6.45, 7) is 3.99. The van der Waals surface area contributed by atoms with Crippen molar-refractivity contribution in [1.82, 2.24) is 0 Å². The smallest absolute Gasteiger partial charge is 0.163 e. The van der Waals surface area contributed by atoms with E-state index in [1.807, 2.05) is 19.9 Å². The Morgan fingerprint density at radius 3 is 2.56 bits per heavy atom. The van der Waals surface area contributed by atoms with E-state index in [-0.39, 0.29) is 18.3 Å². The third kappa shape index (κ3) is 0.998. The molecular formula is C13H18O3. The molecule has 4 rings (SSSR count). The van der Waals surface area contributed by atoms with Crippen LogP contribution in [0.1, 0.15) is 20.3 Å². The van der Waals surface area contributed by atoms with Crippen molar-refractivity contribution in [2.24, 2.45) is 23.7 Å². The summed E-state index contributed by atoms with van der Waals surface area (Å²) in [5.41, 5.74) is 0. The maximum absolute atomic E-state index is 9.99. The quantitative estimate of drug-likeness (QED) is 0.628. The van der Waals surface area contributed by atoms with E-state index in [0.29, 0.717) is 23.7 Å². The van der Waals surface area contributed by atoms with E-state index < -0.39 is 5.79 Å². The van der Waals surface area contributed by atoms with Gasteiger partial charge in [0.15, 0.2) is 5.79 Å². The molecule has 88 valence electrons. The first-order valence-corrected chi connectivity index (χ1v) is 6.29. The predicted molar refractivity (Wildman–Crippen MR) is 57.5 cm³/mol. The summed E-state index contributed by atoms with van der Waals surface area (Å²) in [5.74, 6) is 1.55. The lowest BCUT2D eigenvalue weighted by molar-refractivity contribution is -0.158. The number of rotatable bonds is 0. The highest BCUT2D eigenvalue weighted by atomic mass is 16.8. The van der Waals surface area contributed by atoms with Crippen LogP contribution in [0.5, 0.6) is 0 Å². The second kappa shape index (κ2) is 2.71. The van der Waals surface area contributed by atoms with Crippen LogP contribution in [0.3, 0.4) is 0 Å². The average molecular weight is 222 g/mol. The normalized spacial score (nSPS) is 60.3. The Bertz CT molecular complexity index is 362. The zero-order valence-corrected chi connectivity index (χ0v) is 9.67. The molecular weight excluding hydrogens is 204 g/mol. The van der Waals surface area contributed by atoms with Crippen LogP contribution in [0.2, 0.25) is 0 Å². The van der Waals surface area contributed by atoms with Crippen LogP contribution in [0.4, 0.5) is 0 Å². The predicted octanol–water partition coefficient (Wildman–Crippen LogP) is 1.32. The third-order valence-electron chi connectivity index (χ3n) is 4.91. The number of ether oxygens (including phenoxy) is 2. The highest BCUT2D eigenvalue weighted by Crippen LogP contribution is 2.61. The van der Waals surface area contributed by atoms with Gasteiger partial charge in [-0.2, -0.15) is 0 Å². The number of fused-ring (bicyclic) bond motifs is 8.